The van der Waals surface area contributed by atoms with Crippen molar-refractivity contribution in [3.05, 3.63) is 57.0 Å². The van der Waals surface area contributed by atoms with Crippen molar-refractivity contribution in [2.24, 2.45) is 23.7 Å². The summed E-state index contributed by atoms with van der Waals surface area (Å²) in [5.41, 5.74) is 1.84. The van der Waals surface area contributed by atoms with Crippen LogP contribution in [-0.4, -0.2) is 41.1 Å². The van der Waals surface area contributed by atoms with Gasteiger partial charge in [-0.3, -0.25) is 19.3 Å². The molecule has 1 saturated heterocycles. The third kappa shape index (κ3) is 4.22. The van der Waals surface area contributed by atoms with Gasteiger partial charge in [0, 0.05) is 10.2 Å². The second-order valence-corrected chi connectivity index (χ2v) is 11.5. The van der Waals surface area contributed by atoms with Gasteiger partial charge in [-0.25, -0.2) is 4.79 Å². The number of benzene rings is 2. The van der Waals surface area contributed by atoms with Crippen molar-refractivity contribution in [2.75, 3.05) is 16.8 Å². The molecule has 1 N–H and O–H groups in total. The highest BCUT2D eigenvalue weighted by molar-refractivity contribution is 9.10. The van der Waals surface area contributed by atoms with Gasteiger partial charge in [0.2, 0.25) is 11.8 Å². The fraction of sp³-hybridized carbons (Fsp3) is 0.360. The minimum atomic E-state index is -0.716. The molecule has 5 rings (SSSR count). The Morgan fingerprint density at radius 1 is 1.06 bits per heavy atom. The highest BCUT2D eigenvalue weighted by atomic mass is 79.9. The topological polar surface area (TPSA) is 92.8 Å². The fourth-order valence-electron chi connectivity index (χ4n) is 5.53. The van der Waals surface area contributed by atoms with E-state index < -0.39 is 30.3 Å². The van der Waals surface area contributed by atoms with Crippen molar-refractivity contribution in [3.63, 3.8) is 0 Å². The van der Waals surface area contributed by atoms with Crippen molar-refractivity contribution >= 4 is 85.8 Å². The smallest absolute Gasteiger partial charge is 0.338 e. The molecule has 11 heteroatoms. The molecule has 2 saturated carbocycles. The number of ether oxygens (including phenoxy) is 1. The number of rotatable bonds is 5. The molecule has 2 aromatic rings. The Balaban J connectivity index is 1.21. The SMILES string of the molecule is Cc1cc(Br)c(Cl)cc1NC(=O)COC(=O)c1ccc(N2C(=O)[C@@H]3[C@H]4C[C@@H]([C@H](Cl)[C@@H]4Cl)[C@@H]3C2=O)cc1. The predicted octanol–water partition coefficient (Wildman–Crippen LogP) is 5.18. The summed E-state index contributed by atoms with van der Waals surface area (Å²) in [5.74, 6) is -2.91. The van der Waals surface area contributed by atoms with Crippen molar-refractivity contribution < 1.29 is 23.9 Å². The Bertz CT molecular complexity index is 1260. The molecule has 7 nitrogen and oxygen atoms in total. The molecule has 0 unspecified atom stereocenters. The van der Waals surface area contributed by atoms with Gasteiger partial charge in [0.15, 0.2) is 6.61 Å². The number of esters is 1. The summed E-state index contributed by atoms with van der Waals surface area (Å²) in [6.45, 7) is 1.31. The molecule has 0 spiro atoms. The molecule has 2 bridgehead atoms. The highest BCUT2D eigenvalue weighted by Gasteiger charge is 2.66. The molecule has 1 heterocycles. The first-order valence-corrected chi connectivity index (χ1v) is 13.3. The van der Waals surface area contributed by atoms with E-state index in [0.717, 1.165) is 5.56 Å². The quantitative estimate of drug-likeness (QED) is 0.285. The maximum absolute atomic E-state index is 13.1. The van der Waals surface area contributed by atoms with Crippen LogP contribution in [0, 0.1) is 30.6 Å². The monoisotopic (exact) mass is 612 g/mol. The van der Waals surface area contributed by atoms with E-state index in [1.165, 1.54) is 29.2 Å². The van der Waals surface area contributed by atoms with Crippen LogP contribution >= 0.6 is 50.7 Å². The van der Waals surface area contributed by atoms with Gasteiger partial charge in [-0.1, -0.05) is 11.6 Å². The number of nitrogens with one attached hydrogen (secondary N) is 1. The number of aryl methyl sites for hydroxylation is 1. The average molecular weight is 615 g/mol. The molecule has 3 fully saturated rings. The Hall–Kier alpha value is -2.13. The number of anilines is 2. The van der Waals surface area contributed by atoms with Crippen LogP contribution in [0.1, 0.15) is 22.3 Å². The molecule has 2 aromatic carbocycles. The van der Waals surface area contributed by atoms with Crippen LogP contribution in [-0.2, 0) is 19.1 Å². The predicted molar refractivity (Wildman–Crippen MR) is 140 cm³/mol. The maximum Gasteiger partial charge on any atom is 0.338 e. The van der Waals surface area contributed by atoms with Crippen LogP contribution in [0.5, 0.6) is 0 Å². The summed E-state index contributed by atoms with van der Waals surface area (Å²) >= 11 is 22.2. The molecule has 6 atom stereocenters. The van der Waals surface area contributed by atoms with Crippen molar-refractivity contribution in [1.82, 2.24) is 0 Å². The summed E-state index contributed by atoms with van der Waals surface area (Å²) in [5, 5.41) is 2.44. The van der Waals surface area contributed by atoms with Crippen LogP contribution in [0.25, 0.3) is 0 Å². The molecular weight excluding hydrogens is 595 g/mol. The number of carbonyl (C=O) groups excluding carboxylic acids is 4. The molecule has 3 aliphatic rings. The molecule has 3 amide bonds. The Morgan fingerprint density at radius 2 is 1.64 bits per heavy atom. The Morgan fingerprint density at radius 3 is 2.22 bits per heavy atom. The van der Waals surface area contributed by atoms with E-state index in [1.807, 2.05) is 0 Å². The number of fused-ring (bicyclic) bond motifs is 5. The first kappa shape index (κ1) is 25.5. The molecular formula is C25H20BrCl3N2O5. The average Bonchev–Trinajstić information content (AvgIpc) is 3.46. The van der Waals surface area contributed by atoms with Gasteiger partial charge in [0.05, 0.1) is 38.9 Å². The second kappa shape index (κ2) is 9.63. The van der Waals surface area contributed by atoms with Crippen molar-refractivity contribution in [1.29, 1.82) is 0 Å². The first-order chi connectivity index (χ1) is 17.1. The Kier molecular flexibility index (Phi) is 6.83. The van der Waals surface area contributed by atoms with Gasteiger partial charge in [-0.05, 0) is 83.1 Å². The lowest BCUT2D eigenvalue weighted by molar-refractivity contribution is -0.123. The lowest BCUT2D eigenvalue weighted by Crippen LogP contribution is -2.37. The van der Waals surface area contributed by atoms with Gasteiger partial charge in [-0.15, -0.1) is 23.2 Å². The van der Waals surface area contributed by atoms with Crippen LogP contribution in [0.4, 0.5) is 11.4 Å². The van der Waals surface area contributed by atoms with E-state index in [1.54, 1.807) is 19.1 Å². The third-order valence-corrected chi connectivity index (χ3v) is 9.74. The molecule has 0 aromatic heterocycles. The van der Waals surface area contributed by atoms with Gasteiger partial charge in [-0.2, -0.15) is 0 Å². The van der Waals surface area contributed by atoms with E-state index in [9.17, 15) is 19.2 Å². The molecule has 188 valence electrons. The molecule has 0 radical (unpaired) electrons. The van der Waals surface area contributed by atoms with E-state index in [2.05, 4.69) is 21.2 Å². The van der Waals surface area contributed by atoms with E-state index in [0.29, 0.717) is 27.3 Å². The number of nitrogens with zero attached hydrogens (tertiary/aromatic N) is 1. The lowest BCUT2D eigenvalue weighted by Gasteiger charge is -2.28. The Labute approximate surface area is 230 Å². The lowest BCUT2D eigenvalue weighted by atomic mass is 9.80. The summed E-state index contributed by atoms with van der Waals surface area (Å²) in [4.78, 5) is 52.1. The standard InChI is InChI=1S/C25H20BrCl3N2O5/c1-10-6-15(26)16(27)8-17(10)30-18(32)9-36-25(35)11-2-4-12(5-3-11)31-23(33)19-13-7-14(20(19)24(31)34)22(29)21(13)28/h2-6,8,13-14,19-22H,7,9H2,1H3,(H,30,32)/t13-,14-,19-,20+,21-,22+/m1/s1. The normalized spacial score (nSPS) is 28.4. The van der Waals surface area contributed by atoms with Crippen LogP contribution in [0.3, 0.4) is 0 Å². The van der Waals surface area contributed by atoms with E-state index in [-0.39, 0.29) is 40.0 Å². The zero-order chi connectivity index (χ0) is 25.9. The minimum absolute atomic E-state index is 0.108. The zero-order valence-corrected chi connectivity index (χ0v) is 22.7. The van der Waals surface area contributed by atoms with Gasteiger partial charge < -0.3 is 10.1 Å². The molecule has 2 aliphatic carbocycles. The summed E-state index contributed by atoms with van der Waals surface area (Å²) in [6.07, 6.45) is 0.690. The summed E-state index contributed by atoms with van der Waals surface area (Å²) in [6, 6.07) is 9.29. The van der Waals surface area contributed by atoms with Gasteiger partial charge >= 0.3 is 5.97 Å². The number of hydrogen-bond acceptors (Lipinski definition) is 5. The van der Waals surface area contributed by atoms with E-state index >= 15 is 0 Å². The highest BCUT2D eigenvalue weighted by Crippen LogP contribution is 2.59. The van der Waals surface area contributed by atoms with Crippen LogP contribution in [0.15, 0.2) is 40.9 Å². The van der Waals surface area contributed by atoms with Crippen LogP contribution in [0.2, 0.25) is 5.02 Å². The van der Waals surface area contributed by atoms with Gasteiger partial charge in [0.1, 0.15) is 0 Å². The van der Waals surface area contributed by atoms with Gasteiger partial charge in [0.25, 0.3) is 5.91 Å². The first-order valence-electron chi connectivity index (χ1n) is 11.3. The number of amides is 3. The minimum Gasteiger partial charge on any atom is -0.452 e. The molecule has 1 aliphatic heterocycles. The number of imide groups is 1. The molecule has 36 heavy (non-hydrogen) atoms. The summed E-state index contributed by atoms with van der Waals surface area (Å²) < 4.78 is 5.82. The second-order valence-electron chi connectivity index (χ2n) is 9.27. The largest absolute Gasteiger partial charge is 0.452 e. The number of halogens is 4. The zero-order valence-electron chi connectivity index (χ0n) is 18.8. The van der Waals surface area contributed by atoms with Crippen molar-refractivity contribution in [3.8, 4) is 0 Å². The third-order valence-electron chi connectivity index (χ3n) is 7.22. The van der Waals surface area contributed by atoms with Crippen LogP contribution < -0.4 is 10.2 Å². The number of carbonyl (C=O) groups is 4. The fourth-order valence-corrected chi connectivity index (χ4v) is 7.05. The van der Waals surface area contributed by atoms with E-state index in [4.69, 9.17) is 39.5 Å². The number of hydrogen-bond donors (Lipinski definition) is 1. The maximum atomic E-state index is 13.1. The number of alkyl halides is 2. The van der Waals surface area contributed by atoms with Crippen molar-refractivity contribution in [2.45, 2.75) is 24.1 Å². The summed E-state index contributed by atoms with van der Waals surface area (Å²) in [7, 11) is 0.